The summed E-state index contributed by atoms with van der Waals surface area (Å²) < 4.78 is 10.6. The molecule has 10 heteroatoms. The number of rotatable bonds is 12. The molecule has 0 N–H and O–H groups in total. The Hall–Kier alpha value is -4.08. The summed E-state index contributed by atoms with van der Waals surface area (Å²) >= 11 is 0. The molecule has 38 heavy (non-hydrogen) atoms. The van der Waals surface area contributed by atoms with Crippen LogP contribution in [0.1, 0.15) is 69.4 Å². The van der Waals surface area contributed by atoms with E-state index in [1.165, 1.54) is 37.8 Å². The maximum Gasteiger partial charge on any atom is 0.331 e. The van der Waals surface area contributed by atoms with Gasteiger partial charge >= 0.3 is 11.9 Å². The molecule has 3 rings (SSSR count). The number of carbonyl (C=O) groups excluding carboxylic acids is 2. The highest BCUT2D eigenvalue weighted by molar-refractivity contribution is 5.87. The molecule has 2 aromatic carbocycles. The quantitative estimate of drug-likeness (QED) is 0.0760. The second-order valence-electron chi connectivity index (χ2n) is 9.52. The maximum absolute atomic E-state index is 12.6. The summed E-state index contributed by atoms with van der Waals surface area (Å²) in [4.78, 5) is 45.1. The van der Waals surface area contributed by atoms with Crippen LogP contribution < -0.4 is 4.74 Å². The van der Waals surface area contributed by atoms with Crippen molar-refractivity contribution in [3.63, 3.8) is 0 Å². The Morgan fingerprint density at radius 1 is 0.947 bits per heavy atom. The van der Waals surface area contributed by atoms with Crippen LogP contribution in [0.4, 0.5) is 11.4 Å². The van der Waals surface area contributed by atoms with Gasteiger partial charge in [-0.1, -0.05) is 44.7 Å². The lowest BCUT2D eigenvalue weighted by Crippen LogP contribution is -2.25. The molecular weight excluding hydrogens is 492 g/mol. The number of nitro benzene ring substituents is 2. The van der Waals surface area contributed by atoms with Gasteiger partial charge in [0, 0.05) is 23.8 Å². The third-order valence-electron chi connectivity index (χ3n) is 6.67. The Bertz CT molecular complexity index is 1140. The fraction of sp³-hybridized carbons (Fsp3) is 0.429. The highest BCUT2D eigenvalue weighted by atomic mass is 16.6. The molecule has 0 saturated heterocycles. The second kappa shape index (κ2) is 14.0. The fourth-order valence-electron chi connectivity index (χ4n) is 4.53. The van der Waals surface area contributed by atoms with E-state index in [0.29, 0.717) is 17.2 Å². The normalized spacial score (nSPS) is 17.2. The molecule has 0 aliphatic heterocycles. The number of hydrogen-bond donors (Lipinski definition) is 0. The molecular formula is C28H32N2O8. The van der Waals surface area contributed by atoms with Crippen molar-refractivity contribution in [3.8, 4) is 5.75 Å². The Balaban J connectivity index is 1.46. The average molecular weight is 525 g/mol. The van der Waals surface area contributed by atoms with Crippen molar-refractivity contribution in [2.45, 2.75) is 64.9 Å². The van der Waals surface area contributed by atoms with Crippen molar-refractivity contribution in [1.29, 1.82) is 0 Å². The number of carbonyl (C=O) groups is 2. The van der Waals surface area contributed by atoms with Crippen LogP contribution in [-0.2, 0) is 20.9 Å². The molecule has 0 bridgehead atoms. The SMILES string of the molecule is CCCCCC1CCC(C(=O)Oc2ccc(/C=C/C(=O)OCc3cc([N+](=O)[O-])cc([N+](=O)[O-])c3)cc2)CC1. The Morgan fingerprint density at radius 2 is 1.58 bits per heavy atom. The first kappa shape index (κ1) is 28.5. The number of nitro groups is 2. The smallest absolute Gasteiger partial charge is 0.331 e. The summed E-state index contributed by atoms with van der Waals surface area (Å²) in [6, 6.07) is 9.77. The Morgan fingerprint density at radius 3 is 2.16 bits per heavy atom. The third kappa shape index (κ3) is 8.79. The zero-order chi connectivity index (χ0) is 27.5. The molecule has 1 aliphatic carbocycles. The van der Waals surface area contributed by atoms with Gasteiger partial charge in [-0.15, -0.1) is 0 Å². The van der Waals surface area contributed by atoms with E-state index in [-0.39, 0.29) is 24.1 Å². The van der Waals surface area contributed by atoms with Crippen LogP contribution in [0.15, 0.2) is 48.5 Å². The molecule has 0 amide bonds. The van der Waals surface area contributed by atoms with Crippen LogP contribution in [0.2, 0.25) is 0 Å². The van der Waals surface area contributed by atoms with Crippen LogP contribution in [0.3, 0.4) is 0 Å². The molecule has 2 aromatic rings. The summed E-state index contributed by atoms with van der Waals surface area (Å²) in [5, 5.41) is 22.0. The Labute approximate surface area is 220 Å². The minimum Gasteiger partial charge on any atom is -0.458 e. The van der Waals surface area contributed by atoms with Crippen molar-refractivity contribution in [2.75, 3.05) is 0 Å². The summed E-state index contributed by atoms with van der Waals surface area (Å²) in [7, 11) is 0. The van der Waals surface area contributed by atoms with Gasteiger partial charge < -0.3 is 9.47 Å². The number of unbranched alkanes of at least 4 members (excludes halogenated alkanes) is 2. The van der Waals surface area contributed by atoms with E-state index < -0.39 is 27.2 Å². The fourth-order valence-corrected chi connectivity index (χ4v) is 4.53. The maximum atomic E-state index is 12.6. The first-order chi connectivity index (χ1) is 18.2. The largest absolute Gasteiger partial charge is 0.458 e. The van der Waals surface area contributed by atoms with E-state index >= 15 is 0 Å². The van der Waals surface area contributed by atoms with Crippen molar-refractivity contribution < 1.29 is 28.9 Å². The van der Waals surface area contributed by atoms with E-state index in [2.05, 4.69) is 6.92 Å². The number of ether oxygens (including phenoxy) is 2. The third-order valence-corrected chi connectivity index (χ3v) is 6.67. The van der Waals surface area contributed by atoms with Gasteiger partial charge in [0.2, 0.25) is 0 Å². The number of nitrogens with zero attached hydrogens (tertiary/aromatic N) is 2. The lowest BCUT2D eigenvalue weighted by molar-refractivity contribution is -0.394. The number of benzene rings is 2. The first-order valence-electron chi connectivity index (χ1n) is 12.8. The van der Waals surface area contributed by atoms with E-state index in [1.54, 1.807) is 24.3 Å². The van der Waals surface area contributed by atoms with Gasteiger partial charge in [-0.2, -0.15) is 0 Å². The minimum absolute atomic E-state index is 0.0701. The van der Waals surface area contributed by atoms with E-state index in [0.717, 1.165) is 43.9 Å². The number of non-ortho nitro benzene ring substituents is 2. The van der Waals surface area contributed by atoms with Crippen LogP contribution >= 0.6 is 0 Å². The van der Waals surface area contributed by atoms with Gasteiger partial charge in [0.25, 0.3) is 11.4 Å². The van der Waals surface area contributed by atoms with E-state index in [9.17, 15) is 29.8 Å². The molecule has 1 saturated carbocycles. The first-order valence-corrected chi connectivity index (χ1v) is 12.8. The number of hydrogen-bond acceptors (Lipinski definition) is 8. The van der Waals surface area contributed by atoms with E-state index in [4.69, 9.17) is 9.47 Å². The van der Waals surface area contributed by atoms with Gasteiger partial charge in [0.05, 0.1) is 21.8 Å². The van der Waals surface area contributed by atoms with Gasteiger partial charge in [-0.25, -0.2) is 4.79 Å². The van der Waals surface area contributed by atoms with Gasteiger partial charge in [0.15, 0.2) is 0 Å². The summed E-state index contributed by atoms with van der Waals surface area (Å²) in [6.07, 6.45) is 11.5. The molecule has 0 spiro atoms. The minimum atomic E-state index is -0.751. The molecule has 10 nitrogen and oxygen atoms in total. The van der Waals surface area contributed by atoms with Crippen LogP contribution in [-0.4, -0.2) is 21.8 Å². The van der Waals surface area contributed by atoms with Gasteiger partial charge in [0.1, 0.15) is 12.4 Å². The molecule has 0 unspecified atom stereocenters. The lowest BCUT2D eigenvalue weighted by atomic mass is 9.80. The van der Waals surface area contributed by atoms with Crippen molar-refractivity contribution in [2.24, 2.45) is 11.8 Å². The Kier molecular flexibility index (Phi) is 10.5. The molecule has 0 aromatic heterocycles. The standard InChI is InChI=1S/C28H32N2O8/c1-2-3-4-5-20-6-11-23(12-7-20)28(32)38-26-13-8-21(9-14-26)10-15-27(31)37-19-22-16-24(29(33)34)18-25(17-22)30(35)36/h8-10,13-18,20,23H,2-7,11-12,19H2,1H3/b15-10+. The molecule has 1 fully saturated rings. The summed E-state index contributed by atoms with van der Waals surface area (Å²) in [6.45, 7) is 1.84. The van der Waals surface area contributed by atoms with Crippen LogP contribution in [0.25, 0.3) is 6.08 Å². The molecule has 0 atom stereocenters. The van der Waals surface area contributed by atoms with Crippen molar-refractivity contribution in [1.82, 2.24) is 0 Å². The van der Waals surface area contributed by atoms with E-state index in [1.807, 2.05) is 0 Å². The summed E-state index contributed by atoms with van der Waals surface area (Å²) in [5.74, 6) is 0.157. The zero-order valence-electron chi connectivity index (χ0n) is 21.4. The van der Waals surface area contributed by atoms with Gasteiger partial charge in [-0.05, 0) is 55.4 Å². The molecule has 0 heterocycles. The predicted molar refractivity (Wildman–Crippen MR) is 140 cm³/mol. The van der Waals surface area contributed by atoms with Crippen LogP contribution in [0.5, 0.6) is 5.75 Å². The average Bonchev–Trinajstić information content (AvgIpc) is 2.91. The highest BCUT2D eigenvalue weighted by Crippen LogP contribution is 2.33. The summed E-state index contributed by atoms with van der Waals surface area (Å²) in [5.41, 5.74) is -0.127. The molecule has 202 valence electrons. The highest BCUT2D eigenvalue weighted by Gasteiger charge is 2.27. The van der Waals surface area contributed by atoms with Crippen molar-refractivity contribution >= 4 is 29.4 Å². The second-order valence-corrected chi connectivity index (χ2v) is 9.52. The zero-order valence-corrected chi connectivity index (χ0v) is 21.4. The van der Waals surface area contributed by atoms with Crippen LogP contribution in [0, 0.1) is 32.1 Å². The molecule has 0 radical (unpaired) electrons. The lowest BCUT2D eigenvalue weighted by Gasteiger charge is -2.27. The topological polar surface area (TPSA) is 139 Å². The monoisotopic (exact) mass is 524 g/mol. The number of esters is 2. The molecule has 1 aliphatic rings. The predicted octanol–water partition coefficient (Wildman–Crippen LogP) is 6.55. The van der Waals surface area contributed by atoms with Crippen molar-refractivity contribution in [3.05, 3.63) is 79.9 Å². The van der Waals surface area contributed by atoms with Gasteiger partial charge in [-0.3, -0.25) is 25.0 Å².